The molecule has 0 radical (unpaired) electrons. The van der Waals surface area contributed by atoms with Gasteiger partial charge in [0.25, 0.3) is 0 Å². The first-order valence-corrected chi connectivity index (χ1v) is 3.82. The van der Waals surface area contributed by atoms with Gasteiger partial charge in [0.05, 0.1) is 13.3 Å². The van der Waals surface area contributed by atoms with Gasteiger partial charge < -0.3 is 10.1 Å². The summed E-state index contributed by atoms with van der Waals surface area (Å²) in [6.07, 6.45) is -2.89. The summed E-state index contributed by atoms with van der Waals surface area (Å²) in [5, 5.41) is 2.14. The number of rotatable bonds is 3. The lowest BCUT2D eigenvalue weighted by molar-refractivity contribution is -0.115. The van der Waals surface area contributed by atoms with E-state index in [4.69, 9.17) is 4.74 Å². The van der Waals surface area contributed by atoms with Crippen molar-refractivity contribution >= 4 is 5.82 Å². The lowest BCUT2D eigenvalue weighted by Gasteiger charge is -2.08. The van der Waals surface area contributed by atoms with Crippen molar-refractivity contribution in [2.24, 2.45) is 0 Å². The molecule has 6 heteroatoms. The molecule has 0 aliphatic heterocycles. The van der Waals surface area contributed by atoms with Gasteiger partial charge in [-0.15, -0.1) is 0 Å². The van der Waals surface area contributed by atoms with Crippen molar-refractivity contribution in [3.8, 4) is 5.75 Å². The minimum atomic E-state index is -4.23. The number of alkyl halides is 3. The number of pyridine rings is 1. The third-order valence-electron chi connectivity index (χ3n) is 1.44. The Balaban J connectivity index is 2.52. The number of hydrogen-bond acceptors (Lipinski definition) is 3. The van der Waals surface area contributed by atoms with Crippen LogP contribution < -0.4 is 10.1 Å². The van der Waals surface area contributed by atoms with Crippen molar-refractivity contribution in [1.82, 2.24) is 4.98 Å². The predicted molar refractivity (Wildman–Crippen MR) is 45.3 cm³/mol. The highest BCUT2D eigenvalue weighted by Gasteiger charge is 2.26. The van der Waals surface area contributed by atoms with E-state index in [1.807, 2.05) is 0 Å². The van der Waals surface area contributed by atoms with E-state index in [2.05, 4.69) is 10.3 Å². The Bertz CT molecular complexity index is 284. The van der Waals surface area contributed by atoms with Gasteiger partial charge in [0.1, 0.15) is 18.1 Å². The van der Waals surface area contributed by atoms with Crippen molar-refractivity contribution in [3.63, 3.8) is 0 Å². The van der Waals surface area contributed by atoms with Crippen molar-refractivity contribution in [3.05, 3.63) is 18.3 Å². The number of anilines is 1. The molecule has 1 aromatic rings. The molecule has 0 amide bonds. The number of halogens is 3. The second kappa shape index (κ2) is 4.17. The lowest BCUT2D eigenvalue weighted by atomic mass is 10.4. The summed E-state index contributed by atoms with van der Waals surface area (Å²) in [5.74, 6) is 0.672. The third-order valence-corrected chi connectivity index (χ3v) is 1.44. The highest BCUT2D eigenvalue weighted by molar-refractivity contribution is 5.37. The Morgan fingerprint density at radius 1 is 1.43 bits per heavy atom. The van der Waals surface area contributed by atoms with Crippen LogP contribution in [0.4, 0.5) is 19.0 Å². The van der Waals surface area contributed by atoms with Gasteiger partial charge in [-0.25, -0.2) is 4.98 Å². The maximum atomic E-state index is 11.8. The number of aromatic nitrogens is 1. The van der Waals surface area contributed by atoms with Gasteiger partial charge in [0.15, 0.2) is 0 Å². The molecular formula is C8H9F3N2O. The molecule has 1 rings (SSSR count). The van der Waals surface area contributed by atoms with Crippen LogP contribution in [0.1, 0.15) is 0 Å². The van der Waals surface area contributed by atoms with Gasteiger partial charge in [-0.1, -0.05) is 0 Å². The van der Waals surface area contributed by atoms with Gasteiger partial charge in [0, 0.05) is 0 Å². The smallest absolute Gasteiger partial charge is 0.405 e. The molecule has 14 heavy (non-hydrogen) atoms. The van der Waals surface area contributed by atoms with E-state index in [-0.39, 0.29) is 5.82 Å². The quantitative estimate of drug-likeness (QED) is 0.821. The second-order valence-corrected chi connectivity index (χ2v) is 2.55. The van der Waals surface area contributed by atoms with Crippen LogP contribution in [0.3, 0.4) is 0 Å². The maximum absolute atomic E-state index is 11.8. The Kier molecular flexibility index (Phi) is 3.16. The summed E-state index contributed by atoms with van der Waals surface area (Å²) >= 11 is 0. The third kappa shape index (κ3) is 3.51. The Labute approximate surface area is 78.9 Å². The van der Waals surface area contributed by atoms with Crippen LogP contribution in [-0.4, -0.2) is 24.8 Å². The monoisotopic (exact) mass is 206 g/mol. The SMILES string of the molecule is COc1ccc(NCC(F)(F)F)nc1. The molecule has 1 N–H and O–H groups in total. The first kappa shape index (κ1) is 10.6. The van der Waals surface area contributed by atoms with E-state index in [0.29, 0.717) is 5.75 Å². The molecule has 78 valence electrons. The van der Waals surface area contributed by atoms with E-state index in [1.165, 1.54) is 25.4 Å². The first-order valence-electron chi connectivity index (χ1n) is 3.82. The highest BCUT2D eigenvalue weighted by Crippen LogP contribution is 2.16. The number of nitrogens with one attached hydrogen (secondary N) is 1. The van der Waals surface area contributed by atoms with Crippen LogP contribution in [0.2, 0.25) is 0 Å². The van der Waals surface area contributed by atoms with Crippen LogP contribution in [0, 0.1) is 0 Å². The average Bonchev–Trinajstić information content (AvgIpc) is 2.14. The molecule has 0 aromatic carbocycles. The van der Waals surface area contributed by atoms with Gasteiger partial charge in [0.2, 0.25) is 0 Å². The van der Waals surface area contributed by atoms with E-state index in [9.17, 15) is 13.2 Å². The fraction of sp³-hybridized carbons (Fsp3) is 0.375. The standard InChI is InChI=1S/C8H9F3N2O/c1-14-6-2-3-7(12-4-6)13-5-8(9,10)11/h2-4H,5H2,1H3,(H,12,13). The Hall–Kier alpha value is -1.46. The van der Waals surface area contributed by atoms with E-state index >= 15 is 0 Å². The molecule has 1 aromatic heterocycles. The molecular weight excluding hydrogens is 197 g/mol. The average molecular weight is 206 g/mol. The summed E-state index contributed by atoms with van der Waals surface area (Å²) in [4.78, 5) is 3.72. The minimum absolute atomic E-state index is 0.170. The second-order valence-electron chi connectivity index (χ2n) is 2.55. The van der Waals surface area contributed by atoms with Gasteiger partial charge >= 0.3 is 6.18 Å². The van der Waals surface area contributed by atoms with Crippen molar-refractivity contribution in [1.29, 1.82) is 0 Å². The minimum Gasteiger partial charge on any atom is -0.495 e. The fourth-order valence-electron chi connectivity index (χ4n) is 0.796. The first-order chi connectivity index (χ1) is 6.51. The molecule has 0 bridgehead atoms. The van der Waals surface area contributed by atoms with Crippen LogP contribution in [0.15, 0.2) is 18.3 Å². The van der Waals surface area contributed by atoms with Crippen LogP contribution in [-0.2, 0) is 0 Å². The molecule has 0 fully saturated rings. The molecule has 0 saturated carbocycles. The maximum Gasteiger partial charge on any atom is 0.405 e. The largest absolute Gasteiger partial charge is 0.495 e. The zero-order valence-corrected chi connectivity index (χ0v) is 7.43. The van der Waals surface area contributed by atoms with E-state index in [0.717, 1.165) is 0 Å². The summed E-state index contributed by atoms with van der Waals surface area (Å²) in [6, 6.07) is 2.95. The topological polar surface area (TPSA) is 34.1 Å². The molecule has 0 atom stereocenters. The zero-order valence-electron chi connectivity index (χ0n) is 7.43. The van der Waals surface area contributed by atoms with E-state index in [1.54, 1.807) is 0 Å². The Morgan fingerprint density at radius 3 is 2.57 bits per heavy atom. The van der Waals surface area contributed by atoms with Crippen molar-refractivity contribution < 1.29 is 17.9 Å². The molecule has 0 spiro atoms. The summed E-state index contributed by atoms with van der Waals surface area (Å²) in [7, 11) is 1.46. The lowest BCUT2D eigenvalue weighted by Crippen LogP contribution is -2.21. The number of ether oxygens (including phenoxy) is 1. The molecule has 1 heterocycles. The van der Waals surface area contributed by atoms with Crippen LogP contribution >= 0.6 is 0 Å². The molecule has 0 unspecified atom stereocenters. The van der Waals surface area contributed by atoms with E-state index < -0.39 is 12.7 Å². The molecule has 0 aliphatic carbocycles. The highest BCUT2D eigenvalue weighted by atomic mass is 19.4. The van der Waals surface area contributed by atoms with Crippen LogP contribution in [0.5, 0.6) is 5.75 Å². The molecule has 3 nitrogen and oxygen atoms in total. The number of nitrogens with zero attached hydrogens (tertiary/aromatic N) is 1. The summed E-state index contributed by atoms with van der Waals surface area (Å²) < 4.78 is 40.1. The summed E-state index contributed by atoms with van der Waals surface area (Å²) in [5.41, 5.74) is 0. The molecule has 0 aliphatic rings. The Morgan fingerprint density at radius 2 is 2.14 bits per heavy atom. The predicted octanol–water partition coefficient (Wildman–Crippen LogP) is 2.06. The number of hydrogen-bond donors (Lipinski definition) is 1. The normalized spacial score (nSPS) is 11.1. The van der Waals surface area contributed by atoms with Gasteiger partial charge in [-0.3, -0.25) is 0 Å². The van der Waals surface area contributed by atoms with Gasteiger partial charge in [-0.05, 0) is 12.1 Å². The fourth-order valence-corrected chi connectivity index (χ4v) is 0.796. The summed E-state index contributed by atoms with van der Waals surface area (Å²) in [6.45, 7) is -1.09. The van der Waals surface area contributed by atoms with Crippen LogP contribution in [0.25, 0.3) is 0 Å². The zero-order chi connectivity index (χ0) is 10.6. The molecule has 0 saturated heterocycles. The number of methoxy groups -OCH3 is 1. The van der Waals surface area contributed by atoms with Crippen molar-refractivity contribution in [2.45, 2.75) is 6.18 Å². The van der Waals surface area contributed by atoms with Gasteiger partial charge in [-0.2, -0.15) is 13.2 Å². The van der Waals surface area contributed by atoms with Crippen molar-refractivity contribution in [2.75, 3.05) is 19.0 Å².